The first-order valence-electron chi connectivity index (χ1n) is 6.32. The Labute approximate surface area is 106 Å². The molecule has 18 heavy (non-hydrogen) atoms. The van der Waals surface area contributed by atoms with E-state index in [-0.39, 0.29) is 17.4 Å². The van der Waals surface area contributed by atoms with Crippen molar-refractivity contribution in [1.82, 2.24) is 10.1 Å². The molecule has 1 aliphatic carbocycles. The molecule has 7 heteroatoms. The van der Waals surface area contributed by atoms with E-state index >= 15 is 0 Å². The highest BCUT2D eigenvalue weighted by Crippen LogP contribution is 2.36. The Balaban J connectivity index is 1.82. The molecule has 2 aliphatic rings. The Bertz CT molecular complexity index is 546. The van der Waals surface area contributed by atoms with Crippen LogP contribution in [0.2, 0.25) is 0 Å². The van der Waals surface area contributed by atoms with Gasteiger partial charge in [0.15, 0.2) is 15.7 Å². The van der Waals surface area contributed by atoms with Gasteiger partial charge in [-0.2, -0.15) is 4.98 Å². The lowest BCUT2D eigenvalue weighted by molar-refractivity contribution is 0.338. The second-order valence-corrected chi connectivity index (χ2v) is 7.65. The molecular weight excluding hydrogens is 254 g/mol. The Hall–Kier alpha value is -0.950. The zero-order valence-electron chi connectivity index (χ0n) is 10.1. The van der Waals surface area contributed by atoms with Crippen LogP contribution in [0.25, 0.3) is 0 Å². The van der Waals surface area contributed by atoms with E-state index in [9.17, 15) is 8.42 Å². The van der Waals surface area contributed by atoms with Gasteiger partial charge in [0.1, 0.15) is 0 Å². The number of nitrogens with zero attached hydrogens (tertiary/aromatic N) is 2. The van der Waals surface area contributed by atoms with Gasteiger partial charge in [-0.15, -0.1) is 0 Å². The first-order chi connectivity index (χ1) is 8.49. The van der Waals surface area contributed by atoms with Crippen LogP contribution in [0.5, 0.6) is 0 Å². The molecule has 2 heterocycles. The number of sulfone groups is 1. The van der Waals surface area contributed by atoms with Gasteiger partial charge in [-0.1, -0.05) is 18.0 Å². The van der Waals surface area contributed by atoms with Crippen LogP contribution in [0.3, 0.4) is 0 Å². The zero-order valence-corrected chi connectivity index (χ0v) is 10.9. The van der Waals surface area contributed by atoms with E-state index in [4.69, 9.17) is 10.3 Å². The van der Waals surface area contributed by atoms with Gasteiger partial charge in [-0.3, -0.25) is 0 Å². The third-order valence-corrected chi connectivity index (χ3v) is 5.73. The normalized spacial score (nSPS) is 29.7. The molecule has 3 rings (SSSR count). The predicted molar refractivity (Wildman–Crippen MR) is 64.6 cm³/mol. The van der Waals surface area contributed by atoms with Gasteiger partial charge in [0.05, 0.1) is 23.0 Å². The summed E-state index contributed by atoms with van der Waals surface area (Å²) in [4.78, 5) is 4.34. The van der Waals surface area contributed by atoms with Crippen LogP contribution in [0.15, 0.2) is 4.52 Å². The Morgan fingerprint density at radius 1 is 1.33 bits per heavy atom. The number of nitrogens with two attached hydrogens (primary N) is 1. The summed E-state index contributed by atoms with van der Waals surface area (Å²) in [6.45, 7) is 0. The third-order valence-electron chi connectivity index (χ3n) is 3.96. The maximum atomic E-state index is 11.4. The van der Waals surface area contributed by atoms with Crippen LogP contribution in [0.1, 0.15) is 49.7 Å². The van der Waals surface area contributed by atoms with Gasteiger partial charge in [0.25, 0.3) is 0 Å². The topological polar surface area (TPSA) is 99.1 Å². The minimum absolute atomic E-state index is 0.117. The Morgan fingerprint density at radius 3 is 2.67 bits per heavy atom. The maximum absolute atomic E-state index is 11.4. The van der Waals surface area contributed by atoms with E-state index < -0.39 is 15.4 Å². The molecule has 1 unspecified atom stereocenters. The van der Waals surface area contributed by atoms with E-state index in [1.165, 1.54) is 0 Å². The summed E-state index contributed by atoms with van der Waals surface area (Å²) in [6.07, 6.45) is 4.47. The minimum atomic E-state index is -2.93. The second-order valence-electron chi connectivity index (χ2n) is 5.42. The molecule has 1 saturated heterocycles. The predicted octanol–water partition coefficient (Wildman–Crippen LogP) is 0.700. The van der Waals surface area contributed by atoms with Crippen molar-refractivity contribution >= 4 is 9.84 Å². The van der Waals surface area contributed by atoms with Gasteiger partial charge < -0.3 is 10.3 Å². The summed E-state index contributed by atoms with van der Waals surface area (Å²) in [6, 6.07) is 0. The average molecular weight is 271 g/mol. The number of hydrogen-bond donors (Lipinski definition) is 1. The molecule has 1 saturated carbocycles. The van der Waals surface area contributed by atoms with Crippen molar-refractivity contribution in [3.05, 3.63) is 11.7 Å². The number of rotatable bonds is 2. The average Bonchev–Trinajstić information content (AvgIpc) is 2.97. The fourth-order valence-electron chi connectivity index (χ4n) is 2.82. The third kappa shape index (κ3) is 2.05. The van der Waals surface area contributed by atoms with E-state index in [0.29, 0.717) is 18.1 Å². The van der Waals surface area contributed by atoms with Crippen molar-refractivity contribution in [2.24, 2.45) is 5.73 Å². The highest BCUT2D eigenvalue weighted by atomic mass is 32.2. The van der Waals surface area contributed by atoms with Gasteiger partial charge in [0, 0.05) is 0 Å². The van der Waals surface area contributed by atoms with E-state index in [2.05, 4.69) is 10.1 Å². The highest BCUT2D eigenvalue weighted by molar-refractivity contribution is 7.91. The monoisotopic (exact) mass is 271 g/mol. The van der Waals surface area contributed by atoms with Crippen molar-refractivity contribution in [2.45, 2.75) is 43.6 Å². The molecule has 0 bridgehead atoms. The summed E-state index contributed by atoms with van der Waals surface area (Å²) in [5, 5.41) is 3.96. The minimum Gasteiger partial charge on any atom is -0.339 e. The molecule has 100 valence electrons. The first kappa shape index (κ1) is 12.1. The molecular formula is C11H17N3O3S. The van der Waals surface area contributed by atoms with E-state index in [1.54, 1.807) is 0 Å². The molecule has 1 aromatic rings. The summed E-state index contributed by atoms with van der Waals surface area (Å²) in [5.41, 5.74) is 5.77. The van der Waals surface area contributed by atoms with Crippen LogP contribution >= 0.6 is 0 Å². The van der Waals surface area contributed by atoms with Gasteiger partial charge in [-0.05, 0) is 19.3 Å². The zero-order chi connectivity index (χ0) is 12.8. The van der Waals surface area contributed by atoms with Gasteiger partial charge in [0.2, 0.25) is 5.89 Å². The molecule has 6 nitrogen and oxygen atoms in total. The first-order valence-corrected chi connectivity index (χ1v) is 8.14. The molecule has 2 N–H and O–H groups in total. The van der Waals surface area contributed by atoms with Crippen molar-refractivity contribution in [2.75, 3.05) is 11.5 Å². The SMILES string of the molecule is NC1(c2noc(C3CCS(=O)(=O)C3)n2)CCCC1. The van der Waals surface area contributed by atoms with Crippen LogP contribution in [0, 0.1) is 0 Å². The van der Waals surface area contributed by atoms with Gasteiger partial charge >= 0.3 is 0 Å². The lowest BCUT2D eigenvalue weighted by atomic mass is 9.98. The van der Waals surface area contributed by atoms with Crippen molar-refractivity contribution in [1.29, 1.82) is 0 Å². The molecule has 0 radical (unpaired) electrons. The summed E-state index contributed by atoms with van der Waals surface area (Å²) in [5.74, 6) is 1.15. The van der Waals surface area contributed by atoms with E-state index in [0.717, 1.165) is 25.7 Å². The number of hydrogen-bond acceptors (Lipinski definition) is 6. The lowest BCUT2D eigenvalue weighted by Gasteiger charge is -2.17. The Morgan fingerprint density at radius 2 is 2.06 bits per heavy atom. The Kier molecular flexibility index (Phi) is 2.71. The van der Waals surface area contributed by atoms with Crippen LogP contribution in [-0.4, -0.2) is 30.1 Å². The fourth-order valence-corrected chi connectivity index (χ4v) is 4.56. The lowest BCUT2D eigenvalue weighted by Crippen LogP contribution is -2.34. The van der Waals surface area contributed by atoms with Crippen LogP contribution in [0.4, 0.5) is 0 Å². The smallest absolute Gasteiger partial charge is 0.230 e. The summed E-state index contributed by atoms with van der Waals surface area (Å²) in [7, 11) is -2.93. The van der Waals surface area contributed by atoms with E-state index in [1.807, 2.05) is 0 Å². The maximum Gasteiger partial charge on any atom is 0.230 e. The molecule has 1 atom stereocenters. The van der Waals surface area contributed by atoms with Crippen LogP contribution in [-0.2, 0) is 15.4 Å². The molecule has 1 aliphatic heterocycles. The van der Waals surface area contributed by atoms with Gasteiger partial charge in [-0.25, -0.2) is 8.42 Å². The summed E-state index contributed by atoms with van der Waals surface area (Å²) >= 11 is 0. The standard InChI is InChI=1S/C11H17N3O3S/c12-11(4-1-2-5-11)10-13-9(17-14-10)8-3-6-18(15,16)7-8/h8H,1-7,12H2. The molecule has 1 aromatic heterocycles. The molecule has 0 aromatic carbocycles. The van der Waals surface area contributed by atoms with Crippen molar-refractivity contribution in [3.63, 3.8) is 0 Å². The molecule has 0 amide bonds. The van der Waals surface area contributed by atoms with Crippen LogP contribution < -0.4 is 5.73 Å². The quantitative estimate of drug-likeness (QED) is 0.850. The summed E-state index contributed by atoms with van der Waals surface area (Å²) < 4.78 is 28.1. The van der Waals surface area contributed by atoms with Crippen molar-refractivity contribution in [3.8, 4) is 0 Å². The largest absolute Gasteiger partial charge is 0.339 e. The number of aromatic nitrogens is 2. The second kappa shape index (κ2) is 4.03. The van der Waals surface area contributed by atoms with Crippen molar-refractivity contribution < 1.29 is 12.9 Å². The fraction of sp³-hybridized carbons (Fsp3) is 0.818. The molecule has 0 spiro atoms. The highest BCUT2D eigenvalue weighted by Gasteiger charge is 2.38. The molecule has 2 fully saturated rings.